The van der Waals surface area contributed by atoms with Crippen molar-refractivity contribution >= 4 is 34.0 Å². The van der Waals surface area contributed by atoms with Gasteiger partial charge in [0.05, 0.1) is 18.4 Å². The smallest absolute Gasteiger partial charge is 0.339 e. The highest BCUT2D eigenvalue weighted by Crippen LogP contribution is 2.21. The highest BCUT2D eigenvalue weighted by Gasteiger charge is 2.11. The van der Waals surface area contributed by atoms with Gasteiger partial charge in [0, 0.05) is 4.47 Å². The SMILES string of the molecule is COC(=O)c1ccc(Br)cc1NC=O. The minimum absolute atomic E-state index is 0.322. The zero-order chi connectivity index (χ0) is 10.6. The first-order chi connectivity index (χ1) is 6.69. The van der Waals surface area contributed by atoms with Crippen LogP contribution in [0, 0.1) is 0 Å². The van der Waals surface area contributed by atoms with Crippen LogP contribution in [0.3, 0.4) is 0 Å². The summed E-state index contributed by atoms with van der Waals surface area (Å²) in [6.45, 7) is 0. The molecule has 4 nitrogen and oxygen atoms in total. The first-order valence-corrected chi connectivity index (χ1v) is 4.56. The van der Waals surface area contributed by atoms with Crippen LogP contribution in [0.25, 0.3) is 0 Å². The average Bonchev–Trinajstić information content (AvgIpc) is 2.17. The second kappa shape index (κ2) is 4.76. The van der Waals surface area contributed by atoms with Crippen molar-refractivity contribution in [3.05, 3.63) is 28.2 Å². The van der Waals surface area contributed by atoms with Gasteiger partial charge in [0.15, 0.2) is 0 Å². The number of rotatable bonds is 3. The Morgan fingerprint density at radius 1 is 1.57 bits per heavy atom. The maximum absolute atomic E-state index is 11.2. The number of carbonyl (C=O) groups excluding carboxylic acids is 2. The van der Waals surface area contributed by atoms with Crippen LogP contribution in [0.15, 0.2) is 22.7 Å². The molecule has 0 heterocycles. The summed E-state index contributed by atoms with van der Waals surface area (Å²) in [5, 5.41) is 2.42. The first-order valence-electron chi connectivity index (χ1n) is 3.77. The normalized spacial score (nSPS) is 9.29. The van der Waals surface area contributed by atoms with Crippen LogP contribution in [0.5, 0.6) is 0 Å². The summed E-state index contributed by atoms with van der Waals surface area (Å²) in [6, 6.07) is 4.89. The van der Waals surface area contributed by atoms with E-state index in [-0.39, 0.29) is 0 Å². The van der Waals surface area contributed by atoms with Gasteiger partial charge < -0.3 is 10.1 Å². The maximum Gasteiger partial charge on any atom is 0.339 e. The molecule has 0 aromatic heterocycles. The van der Waals surface area contributed by atoms with Crippen molar-refractivity contribution in [1.82, 2.24) is 0 Å². The van der Waals surface area contributed by atoms with Crippen molar-refractivity contribution in [3.8, 4) is 0 Å². The van der Waals surface area contributed by atoms with Gasteiger partial charge in [-0.25, -0.2) is 4.79 Å². The maximum atomic E-state index is 11.2. The molecular weight excluding hydrogens is 250 g/mol. The Balaban J connectivity index is 3.13. The minimum Gasteiger partial charge on any atom is -0.465 e. The van der Waals surface area contributed by atoms with Gasteiger partial charge in [-0.1, -0.05) is 15.9 Å². The molecule has 0 spiro atoms. The number of amides is 1. The number of halogens is 1. The Morgan fingerprint density at radius 2 is 2.29 bits per heavy atom. The number of hydrogen-bond acceptors (Lipinski definition) is 3. The van der Waals surface area contributed by atoms with Crippen LogP contribution >= 0.6 is 15.9 Å². The van der Waals surface area contributed by atoms with Crippen molar-refractivity contribution < 1.29 is 14.3 Å². The van der Waals surface area contributed by atoms with Gasteiger partial charge in [-0.2, -0.15) is 0 Å². The summed E-state index contributed by atoms with van der Waals surface area (Å²) < 4.78 is 5.33. The monoisotopic (exact) mass is 257 g/mol. The predicted octanol–water partition coefficient (Wildman–Crippen LogP) is 1.80. The van der Waals surface area contributed by atoms with Gasteiger partial charge in [-0.15, -0.1) is 0 Å². The Labute approximate surface area is 89.4 Å². The zero-order valence-corrected chi connectivity index (χ0v) is 9.00. The van der Waals surface area contributed by atoms with E-state index in [1.165, 1.54) is 7.11 Å². The number of benzene rings is 1. The van der Waals surface area contributed by atoms with Crippen LogP contribution in [0.2, 0.25) is 0 Å². The molecule has 0 bridgehead atoms. The van der Waals surface area contributed by atoms with Crippen LogP contribution < -0.4 is 5.32 Å². The zero-order valence-electron chi connectivity index (χ0n) is 7.41. The fraction of sp³-hybridized carbons (Fsp3) is 0.111. The molecule has 0 atom stereocenters. The van der Waals surface area contributed by atoms with E-state index in [1.807, 2.05) is 0 Å². The highest BCUT2D eigenvalue weighted by atomic mass is 79.9. The fourth-order valence-electron chi connectivity index (χ4n) is 0.987. The molecule has 0 saturated heterocycles. The molecule has 0 radical (unpaired) electrons. The third-order valence-electron chi connectivity index (χ3n) is 1.60. The van der Waals surface area contributed by atoms with Gasteiger partial charge in [0.2, 0.25) is 6.41 Å². The van der Waals surface area contributed by atoms with Gasteiger partial charge in [0.25, 0.3) is 0 Å². The standard InChI is InChI=1S/C9H8BrNO3/c1-14-9(13)7-3-2-6(10)4-8(7)11-5-12/h2-5H,1H3,(H,11,12). The van der Waals surface area contributed by atoms with Crippen LogP contribution in [-0.4, -0.2) is 19.5 Å². The van der Waals surface area contributed by atoms with Crippen LogP contribution in [0.4, 0.5) is 5.69 Å². The number of anilines is 1. The molecule has 0 aliphatic carbocycles. The van der Waals surface area contributed by atoms with E-state index in [1.54, 1.807) is 18.2 Å². The number of methoxy groups -OCH3 is 1. The van der Waals surface area contributed by atoms with Gasteiger partial charge in [-0.3, -0.25) is 4.79 Å². The Bertz CT molecular complexity index is 365. The Hall–Kier alpha value is -1.36. The van der Waals surface area contributed by atoms with E-state index in [0.717, 1.165) is 4.47 Å². The summed E-state index contributed by atoms with van der Waals surface area (Å²) in [7, 11) is 1.29. The Kier molecular flexibility index (Phi) is 3.64. The molecule has 1 aromatic carbocycles. The lowest BCUT2D eigenvalue weighted by Gasteiger charge is -2.06. The first kappa shape index (κ1) is 10.7. The molecule has 1 rings (SSSR count). The van der Waals surface area contributed by atoms with Crippen LogP contribution in [-0.2, 0) is 9.53 Å². The van der Waals surface area contributed by atoms with E-state index in [2.05, 4.69) is 26.0 Å². The molecule has 0 aliphatic rings. The average molecular weight is 258 g/mol. The van der Waals surface area contributed by atoms with Crippen molar-refractivity contribution in [2.75, 3.05) is 12.4 Å². The predicted molar refractivity (Wildman–Crippen MR) is 55.2 cm³/mol. The molecule has 1 N–H and O–H groups in total. The van der Waals surface area contributed by atoms with Crippen LogP contribution in [0.1, 0.15) is 10.4 Å². The molecule has 74 valence electrons. The third kappa shape index (κ3) is 2.32. The van der Waals surface area contributed by atoms with E-state index in [9.17, 15) is 9.59 Å². The summed E-state index contributed by atoms with van der Waals surface area (Å²) in [5.41, 5.74) is 0.740. The second-order valence-electron chi connectivity index (χ2n) is 2.44. The number of ether oxygens (including phenoxy) is 1. The van der Waals surface area contributed by atoms with E-state index in [0.29, 0.717) is 17.7 Å². The molecular formula is C9H8BrNO3. The molecule has 5 heteroatoms. The van der Waals surface area contributed by atoms with E-state index in [4.69, 9.17) is 0 Å². The minimum atomic E-state index is -0.484. The second-order valence-corrected chi connectivity index (χ2v) is 3.36. The summed E-state index contributed by atoms with van der Waals surface area (Å²) >= 11 is 3.23. The number of hydrogen-bond donors (Lipinski definition) is 1. The third-order valence-corrected chi connectivity index (χ3v) is 2.09. The Morgan fingerprint density at radius 3 is 2.86 bits per heavy atom. The molecule has 0 aliphatic heterocycles. The summed E-state index contributed by atoms with van der Waals surface area (Å²) in [4.78, 5) is 21.5. The molecule has 1 aromatic rings. The number of esters is 1. The number of carbonyl (C=O) groups is 2. The fourth-order valence-corrected chi connectivity index (χ4v) is 1.35. The summed E-state index contributed by atoms with van der Waals surface area (Å²) in [5.74, 6) is -0.484. The molecule has 0 fully saturated rings. The highest BCUT2D eigenvalue weighted by molar-refractivity contribution is 9.10. The number of nitrogens with one attached hydrogen (secondary N) is 1. The topological polar surface area (TPSA) is 55.4 Å². The summed E-state index contributed by atoms with van der Waals surface area (Å²) in [6.07, 6.45) is 0.508. The van der Waals surface area contributed by atoms with Crippen molar-refractivity contribution in [2.45, 2.75) is 0 Å². The molecule has 14 heavy (non-hydrogen) atoms. The molecule has 0 unspecified atom stereocenters. The van der Waals surface area contributed by atoms with E-state index < -0.39 is 5.97 Å². The lowest BCUT2D eigenvalue weighted by Crippen LogP contribution is -2.06. The lowest BCUT2D eigenvalue weighted by atomic mass is 10.2. The van der Waals surface area contributed by atoms with Crippen molar-refractivity contribution in [3.63, 3.8) is 0 Å². The van der Waals surface area contributed by atoms with Crippen molar-refractivity contribution in [1.29, 1.82) is 0 Å². The van der Waals surface area contributed by atoms with E-state index >= 15 is 0 Å². The van der Waals surface area contributed by atoms with Gasteiger partial charge >= 0.3 is 5.97 Å². The van der Waals surface area contributed by atoms with Gasteiger partial charge in [0.1, 0.15) is 0 Å². The van der Waals surface area contributed by atoms with Crippen molar-refractivity contribution in [2.24, 2.45) is 0 Å². The van der Waals surface area contributed by atoms with Gasteiger partial charge in [-0.05, 0) is 18.2 Å². The molecule has 0 saturated carbocycles. The lowest BCUT2D eigenvalue weighted by molar-refractivity contribution is -0.105. The largest absolute Gasteiger partial charge is 0.465 e. The molecule has 1 amide bonds. The quantitative estimate of drug-likeness (QED) is 0.664.